The van der Waals surface area contributed by atoms with E-state index in [0.29, 0.717) is 6.61 Å². The van der Waals surface area contributed by atoms with E-state index < -0.39 is 18.7 Å². The molecule has 0 aliphatic carbocycles. The molecule has 2 aliphatic heterocycles. The van der Waals surface area contributed by atoms with Crippen LogP contribution >= 0.6 is 0 Å². The molecule has 5 heteroatoms. The summed E-state index contributed by atoms with van der Waals surface area (Å²) in [5, 5.41) is 0. The molecule has 3 rings (SSSR count). The van der Waals surface area contributed by atoms with E-state index in [-0.39, 0.29) is 18.3 Å². The summed E-state index contributed by atoms with van der Waals surface area (Å²) in [6, 6.07) is 9.57. The molecule has 4 atom stereocenters. The van der Waals surface area contributed by atoms with Crippen molar-refractivity contribution in [2.45, 2.75) is 31.2 Å². The lowest BCUT2D eigenvalue weighted by atomic mass is 10.0. The van der Waals surface area contributed by atoms with Crippen LogP contribution in [0.2, 0.25) is 0 Å². The molecule has 0 aromatic heterocycles. The maximum absolute atomic E-state index is 12.0. The van der Waals surface area contributed by atoms with Crippen molar-refractivity contribution in [2.24, 2.45) is 0 Å². The Balaban J connectivity index is 1.72. The average molecular weight is 264 g/mol. The maximum Gasteiger partial charge on any atom is 0.184 e. The van der Waals surface area contributed by atoms with Crippen molar-refractivity contribution in [3.8, 4) is 0 Å². The molecule has 0 radical (unpaired) electrons. The third-order valence-electron chi connectivity index (χ3n) is 3.37. The van der Waals surface area contributed by atoms with Crippen molar-refractivity contribution in [3.63, 3.8) is 0 Å². The molecule has 0 saturated carbocycles. The number of hydrogen-bond acceptors (Lipinski definition) is 5. The number of carbonyl (C=O) groups excluding carboxylic acids is 1. The number of carbonyl (C=O) groups is 1. The molecule has 102 valence electrons. The summed E-state index contributed by atoms with van der Waals surface area (Å²) in [5.74, 6) is 0.00679. The van der Waals surface area contributed by atoms with Crippen molar-refractivity contribution >= 4 is 5.78 Å². The molecule has 0 bridgehead atoms. The topological polar surface area (TPSA) is 54.0 Å². The van der Waals surface area contributed by atoms with Gasteiger partial charge in [0.05, 0.1) is 13.0 Å². The molecular weight excluding hydrogens is 248 g/mol. The Morgan fingerprint density at radius 3 is 2.74 bits per heavy atom. The van der Waals surface area contributed by atoms with Crippen LogP contribution in [0.5, 0.6) is 0 Å². The molecule has 19 heavy (non-hydrogen) atoms. The zero-order valence-corrected chi connectivity index (χ0v) is 10.7. The van der Waals surface area contributed by atoms with Crippen molar-refractivity contribution in [2.75, 3.05) is 13.7 Å². The van der Waals surface area contributed by atoms with E-state index in [1.54, 1.807) is 0 Å². The molecule has 0 N–H and O–H groups in total. The van der Waals surface area contributed by atoms with Gasteiger partial charge in [-0.25, -0.2) is 0 Å². The van der Waals surface area contributed by atoms with Gasteiger partial charge in [-0.15, -0.1) is 0 Å². The summed E-state index contributed by atoms with van der Waals surface area (Å²) in [5.41, 5.74) is 0.905. The lowest BCUT2D eigenvalue weighted by Crippen LogP contribution is -2.53. The number of ether oxygens (including phenoxy) is 4. The first-order valence-electron chi connectivity index (χ1n) is 6.31. The molecule has 2 aliphatic rings. The van der Waals surface area contributed by atoms with Crippen LogP contribution in [0.25, 0.3) is 0 Å². The van der Waals surface area contributed by atoms with Gasteiger partial charge in [0.15, 0.2) is 18.4 Å². The van der Waals surface area contributed by atoms with Crippen LogP contribution in [0.3, 0.4) is 0 Å². The standard InChI is InChI=1S/C14H16O5/c1-16-12-7-10(15)13-11(18-12)8-17-14(19-13)9-5-3-2-4-6-9/h2-6,11-14H,7-8H2,1H3/t11-,12+,13-,14-/m0/s1. The minimum Gasteiger partial charge on any atom is -0.355 e. The number of Topliss-reactive ketones (excluding diaryl/α,β-unsaturated/α-hetero) is 1. The van der Waals surface area contributed by atoms with E-state index in [2.05, 4.69) is 0 Å². The van der Waals surface area contributed by atoms with Gasteiger partial charge >= 0.3 is 0 Å². The van der Waals surface area contributed by atoms with E-state index in [9.17, 15) is 4.79 Å². The van der Waals surface area contributed by atoms with E-state index in [1.807, 2.05) is 30.3 Å². The molecular formula is C14H16O5. The highest BCUT2D eigenvalue weighted by atomic mass is 16.7. The van der Waals surface area contributed by atoms with E-state index in [1.165, 1.54) is 7.11 Å². The van der Waals surface area contributed by atoms with Crippen LogP contribution in [0.1, 0.15) is 18.3 Å². The third kappa shape index (κ3) is 2.55. The molecule has 2 heterocycles. The molecule has 0 spiro atoms. The summed E-state index contributed by atoms with van der Waals surface area (Å²) in [6.07, 6.45) is -1.72. The number of fused-ring (bicyclic) bond motifs is 1. The van der Waals surface area contributed by atoms with Gasteiger partial charge in [-0.05, 0) is 0 Å². The smallest absolute Gasteiger partial charge is 0.184 e. The summed E-state index contributed by atoms with van der Waals surface area (Å²) >= 11 is 0. The fraction of sp³-hybridized carbons (Fsp3) is 0.500. The highest BCUT2D eigenvalue weighted by molar-refractivity contribution is 5.84. The Bertz CT molecular complexity index is 446. The quantitative estimate of drug-likeness (QED) is 0.809. The monoisotopic (exact) mass is 264 g/mol. The van der Waals surface area contributed by atoms with Crippen molar-refractivity contribution in [1.82, 2.24) is 0 Å². The average Bonchev–Trinajstić information content (AvgIpc) is 2.47. The third-order valence-corrected chi connectivity index (χ3v) is 3.37. The van der Waals surface area contributed by atoms with Gasteiger partial charge in [0.2, 0.25) is 0 Å². The summed E-state index contributed by atoms with van der Waals surface area (Å²) in [6.45, 7) is 0.329. The zero-order valence-electron chi connectivity index (χ0n) is 10.7. The summed E-state index contributed by atoms with van der Waals surface area (Å²) in [4.78, 5) is 12.0. The van der Waals surface area contributed by atoms with E-state index >= 15 is 0 Å². The molecule has 1 aromatic rings. The van der Waals surface area contributed by atoms with Crippen LogP contribution in [-0.2, 0) is 23.7 Å². The summed E-state index contributed by atoms with van der Waals surface area (Å²) in [7, 11) is 1.52. The highest BCUT2D eigenvalue weighted by Gasteiger charge is 2.43. The number of ketones is 1. The first kappa shape index (κ1) is 12.7. The largest absolute Gasteiger partial charge is 0.355 e. The lowest BCUT2D eigenvalue weighted by molar-refractivity contribution is -0.298. The van der Waals surface area contributed by atoms with Gasteiger partial charge in [0.1, 0.15) is 12.2 Å². The van der Waals surface area contributed by atoms with Gasteiger partial charge < -0.3 is 18.9 Å². The van der Waals surface area contributed by atoms with Crippen LogP contribution in [0, 0.1) is 0 Å². The van der Waals surface area contributed by atoms with Crippen LogP contribution in [-0.4, -0.2) is 38.0 Å². The fourth-order valence-corrected chi connectivity index (χ4v) is 2.37. The number of rotatable bonds is 2. The predicted octanol–water partition coefficient (Wildman–Crippen LogP) is 1.43. The second-order valence-electron chi connectivity index (χ2n) is 4.64. The summed E-state index contributed by atoms with van der Waals surface area (Å²) < 4.78 is 22.0. The Morgan fingerprint density at radius 1 is 1.21 bits per heavy atom. The van der Waals surface area contributed by atoms with Crippen molar-refractivity contribution in [1.29, 1.82) is 0 Å². The zero-order chi connectivity index (χ0) is 13.2. The van der Waals surface area contributed by atoms with Gasteiger partial charge in [0.25, 0.3) is 0 Å². The van der Waals surface area contributed by atoms with Crippen LogP contribution in [0.15, 0.2) is 30.3 Å². The molecule has 2 saturated heterocycles. The van der Waals surface area contributed by atoms with Gasteiger partial charge in [-0.1, -0.05) is 30.3 Å². The van der Waals surface area contributed by atoms with Crippen molar-refractivity contribution < 1.29 is 23.7 Å². The van der Waals surface area contributed by atoms with E-state index in [0.717, 1.165) is 5.56 Å². The Labute approximate surface area is 111 Å². The Morgan fingerprint density at radius 2 is 2.00 bits per heavy atom. The van der Waals surface area contributed by atoms with Crippen LogP contribution in [0.4, 0.5) is 0 Å². The molecule has 1 aromatic carbocycles. The Hall–Kier alpha value is -1.27. The highest BCUT2D eigenvalue weighted by Crippen LogP contribution is 2.31. The fourth-order valence-electron chi connectivity index (χ4n) is 2.37. The predicted molar refractivity (Wildman–Crippen MR) is 65.3 cm³/mol. The number of benzene rings is 1. The van der Waals surface area contributed by atoms with Gasteiger partial charge in [-0.3, -0.25) is 4.79 Å². The van der Waals surface area contributed by atoms with E-state index in [4.69, 9.17) is 18.9 Å². The second kappa shape index (κ2) is 5.38. The first-order chi connectivity index (χ1) is 9.28. The molecule has 0 amide bonds. The molecule has 5 nitrogen and oxygen atoms in total. The SMILES string of the molecule is CO[C@H]1CC(=O)[C@@H]2O[C@@H](c3ccccc3)OC[C@@H]2O1. The Kier molecular flexibility index (Phi) is 3.61. The number of methoxy groups -OCH3 is 1. The van der Waals surface area contributed by atoms with Gasteiger partial charge in [-0.2, -0.15) is 0 Å². The molecule has 0 unspecified atom stereocenters. The lowest BCUT2D eigenvalue weighted by Gasteiger charge is -2.40. The minimum atomic E-state index is -0.564. The number of hydrogen-bond donors (Lipinski definition) is 0. The van der Waals surface area contributed by atoms with Gasteiger partial charge in [0, 0.05) is 12.7 Å². The van der Waals surface area contributed by atoms with Crippen molar-refractivity contribution in [3.05, 3.63) is 35.9 Å². The maximum atomic E-state index is 12.0. The first-order valence-corrected chi connectivity index (χ1v) is 6.31. The molecule has 2 fully saturated rings. The normalized spacial score (nSPS) is 34.9. The second-order valence-corrected chi connectivity index (χ2v) is 4.64. The van der Waals surface area contributed by atoms with Crippen LogP contribution < -0.4 is 0 Å². The minimum absolute atomic E-state index is 0.00679.